The third-order valence-corrected chi connectivity index (χ3v) is 5.61. The summed E-state index contributed by atoms with van der Waals surface area (Å²) in [6.07, 6.45) is 1.85. The third kappa shape index (κ3) is 6.51. The van der Waals surface area contributed by atoms with Gasteiger partial charge in [0.15, 0.2) is 4.34 Å². The third-order valence-electron chi connectivity index (χ3n) is 3.64. The molecule has 27 heavy (non-hydrogen) atoms. The fourth-order valence-electron chi connectivity index (χ4n) is 2.42. The van der Waals surface area contributed by atoms with Crippen LogP contribution in [0.15, 0.2) is 22.5 Å². The van der Waals surface area contributed by atoms with Gasteiger partial charge in [-0.1, -0.05) is 55.1 Å². The van der Waals surface area contributed by atoms with Crippen LogP contribution in [-0.4, -0.2) is 33.9 Å². The molecule has 146 valence electrons. The van der Waals surface area contributed by atoms with Crippen molar-refractivity contribution in [3.8, 4) is 0 Å². The van der Waals surface area contributed by atoms with E-state index >= 15 is 0 Å². The molecule has 0 aliphatic carbocycles. The highest BCUT2D eigenvalue weighted by atomic mass is 32.2. The zero-order valence-electron chi connectivity index (χ0n) is 16.0. The van der Waals surface area contributed by atoms with Crippen molar-refractivity contribution < 1.29 is 9.59 Å². The van der Waals surface area contributed by atoms with Gasteiger partial charge in [0, 0.05) is 11.7 Å². The zero-order chi connectivity index (χ0) is 19.8. The molecule has 0 atom stereocenters. The first-order valence-corrected chi connectivity index (χ1v) is 10.7. The molecule has 2 aromatic rings. The van der Waals surface area contributed by atoms with E-state index in [1.807, 2.05) is 13.8 Å². The van der Waals surface area contributed by atoms with E-state index in [1.54, 1.807) is 0 Å². The number of nitrogens with one attached hydrogen (secondary N) is 3. The Bertz CT molecular complexity index is 770. The van der Waals surface area contributed by atoms with Gasteiger partial charge in [0.05, 0.1) is 5.75 Å². The molecule has 0 unspecified atom stereocenters. The van der Waals surface area contributed by atoms with E-state index < -0.39 is 6.03 Å². The number of urea groups is 1. The second-order valence-electron chi connectivity index (χ2n) is 6.12. The fraction of sp³-hybridized carbons (Fsp3) is 0.444. The number of benzene rings is 1. The number of carbonyl (C=O) groups excluding carboxylic acids is 2. The van der Waals surface area contributed by atoms with Crippen molar-refractivity contribution in [1.82, 2.24) is 20.8 Å². The summed E-state index contributed by atoms with van der Waals surface area (Å²) >= 11 is 2.64. The second kappa shape index (κ2) is 10.3. The molecule has 1 aromatic heterocycles. The van der Waals surface area contributed by atoms with Crippen LogP contribution in [0.25, 0.3) is 0 Å². The Morgan fingerprint density at radius 1 is 1.15 bits per heavy atom. The van der Waals surface area contributed by atoms with Crippen LogP contribution in [0.5, 0.6) is 0 Å². The van der Waals surface area contributed by atoms with Crippen LogP contribution in [0, 0.1) is 0 Å². The number of aromatic nitrogens is 2. The molecule has 0 aliphatic rings. The van der Waals surface area contributed by atoms with Crippen molar-refractivity contribution in [2.75, 3.05) is 11.1 Å². The number of rotatable bonds is 8. The number of amides is 3. The molecule has 0 spiro atoms. The van der Waals surface area contributed by atoms with Gasteiger partial charge in [-0.05, 0) is 37.8 Å². The van der Waals surface area contributed by atoms with Gasteiger partial charge in [0.2, 0.25) is 11.0 Å². The molecule has 3 N–H and O–H groups in total. The van der Waals surface area contributed by atoms with Crippen LogP contribution < -0.4 is 16.0 Å². The molecule has 0 bridgehead atoms. The van der Waals surface area contributed by atoms with Gasteiger partial charge in [-0.3, -0.25) is 10.1 Å². The molecule has 3 amide bonds. The number of carbonyl (C=O) groups is 2. The zero-order valence-corrected chi connectivity index (χ0v) is 17.6. The molecular formula is C18H25N5O2S2. The first-order chi connectivity index (χ1) is 12.9. The highest BCUT2D eigenvalue weighted by Gasteiger charge is 2.13. The Labute approximate surface area is 167 Å². The Kier molecular flexibility index (Phi) is 8.05. The summed E-state index contributed by atoms with van der Waals surface area (Å²) in [6, 6.07) is 5.76. The molecule has 9 heteroatoms. The van der Waals surface area contributed by atoms with Gasteiger partial charge < -0.3 is 10.6 Å². The average Bonchev–Trinajstić information content (AvgIpc) is 3.07. The van der Waals surface area contributed by atoms with Gasteiger partial charge in [0.1, 0.15) is 0 Å². The molecule has 0 aliphatic heterocycles. The number of hydrogen-bond donors (Lipinski definition) is 3. The maximum atomic E-state index is 11.8. The Morgan fingerprint density at radius 3 is 2.41 bits per heavy atom. The summed E-state index contributed by atoms with van der Waals surface area (Å²) in [7, 11) is 0. The number of para-hydroxylation sites is 1. The fourth-order valence-corrected chi connectivity index (χ4v) is 3.97. The lowest BCUT2D eigenvalue weighted by atomic mass is 10.0. The summed E-state index contributed by atoms with van der Waals surface area (Å²) in [6.45, 7) is 7.90. The van der Waals surface area contributed by atoms with Crippen LogP contribution in [0.1, 0.15) is 38.8 Å². The molecular weight excluding hydrogens is 382 g/mol. The average molecular weight is 408 g/mol. The highest BCUT2D eigenvalue weighted by Crippen LogP contribution is 2.31. The summed E-state index contributed by atoms with van der Waals surface area (Å²) in [5.74, 6) is -0.265. The number of anilines is 2. The standard InChI is InChI=1S/C18H25N5O2S2/c1-5-12-8-7-9-13(6-2)15(12)21-17-22-23-18(27-17)26-10-14(24)20-16(25)19-11(3)4/h7-9,11H,5-6,10H2,1-4H3,(H,21,22)(H2,19,20,24,25). The molecule has 0 saturated carbocycles. The van der Waals surface area contributed by atoms with Gasteiger partial charge >= 0.3 is 6.03 Å². The van der Waals surface area contributed by atoms with Crippen LogP contribution >= 0.6 is 23.1 Å². The lowest BCUT2D eigenvalue weighted by molar-refractivity contribution is -0.117. The number of aryl methyl sites for hydroxylation is 2. The van der Waals surface area contributed by atoms with E-state index in [-0.39, 0.29) is 17.7 Å². The smallest absolute Gasteiger partial charge is 0.321 e. The largest absolute Gasteiger partial charge is 0.336 e. The molecule has 0 saturated heterocycles. The summed E-state index contributed by atoms with van der Waals surface area (Å²) in [5.41, 5.74) is 3.54. The number of nitrogens with zero attached hydrogens (tertiary/aromatic N) is 2. The van der Waals surface area contributed by atoms with E-state index in [0.717, 1.165) is 18.5 Å². The highest BCUT2D eigenvalue weighted by molar-refractivity contribution is 8.01. The van der Waals surface area contributed by atoms with Crippen LogP contribution in [0.3, 0.4) is 0 Å². The topological polar surface area (TPSA) is 96.0 Å². The van der Waals surface area contributed by atoms with Crippen molar-refractivity contribution in [3.05, 3.63) is 29.3 Å². The molecule has 0 radical (unpaired) electrons. The Morgan fingerprint density at radius 2 is 1.81 bits per heavy atom. The van der Waals surface area contributed by atoms with E-state index in [1.165, 1.54) is 34.2 Å². The van der Waals surface area contributed by atoms with Crippen molar-refractivity contribution in [2.24, 2.45) is 0 Å². The number of hydrogen-bond acceptors (Lipinski definition) is 7. The Hall–Kier alpha value is -2.13. The van der Waals surface area contributed by atoms with Crippen molar-refractivity contribution >= 4 is 45.9 Å². The molecule has 2 rings (SSSR count). The second-order valence-corrected chi connectivity index (χ2v) is 8.32. The van der Waals surface area contributed by atoms with Crippen molar-refractivity contribution in [2.45, 2.75) is 50.9 Å². The first-order valence-electron chi connectivity index (χ1n) is 8.87. The van der Waals surface area contributed by atoms with E-state index in [4.69, 9.17) is 0 Å². The number of imide groups is 1. The predicted molar refractivity (Wildman–Crippen MR) is 111 cm³/mol. The Balaban J connectivity index is 1.94. The van der Waals surface area contributed by atoms with Crippen LogP contribution in [0.2, 0.25) is 0 Å². The lowest BCUT2D eigenvalue weighted by Gasteiger charge is -2.13. The van der Waals surface area contributed by atoms with Gasteiger partial charge in [-0.25, -0.2) is 4.79 Å². The maximum Gasteiger partial charge on any atom is 0.321 e. The van der Waals surface area contributed by atoms with Crippen molar-refractivity contribution in [3.63, 3.8) is 0 Å². The van der Waals surface area contributed by atoms with Gasteiger partial charge in [-0.15, -0.1) is 10.2 Å². The molecule has 1 aromatic carbocycles. The minimum absolute atomic E-state index is 0.0266. The lowest BCUT2D eigenvalue weighted by Crippen LogP contribution is -2.43. The predicted octanol–water partition coefficient (Wildman–Crippen LogP) is 3.73. The molecule has 0 fully saturated rings. The monoisotopic (exact) mass is 407 g/mol. The first kappa shape index (κ1) is 21.2. The van der Waals surface area contributed by atoms with Gasteiger partial charge in [0.25, 0.3) is 0 Å². The SMILES string of the molecule is CCc1cccc(CC)c1Nc1nnc(SCC(=O)NC(=O)NC(C)C)s1. The van der Waals surface area contributed by atoms with E-state index in [9.17, 15) is 9.59 Å². The minimum atomic E-state index is -0.488. The van der Waals surface area contributed by atoms with Crippen LogP contribution in [-0.2, 0) is 17.6 Å². The van der Waals surface area contributed by atoms with E-state index in [0.29, 0.717) is 9.47 Å². The van der Waals surface area contributed by atoms with Crippen molar-refractivity contribution in [1.29, 1.82) is 0 Å². The summed E-state index contributed by atoms with van der Waals surface area (Å²) < 4.78 is 0.670. The van der Waals surface area contributed by atoms with Crippen LogP contribution in [0.4, 0.5) is 15.6 Å². The molecule has 7 nitrogen and oxygen atoms in total. The molecule has 1 heterocycles. The van der Waals surface area contributed by atoms with Gasteiger partial charge in [-0.2, -0.15) is 0 Å². The summed E-state index contributed by atoms with van der Waals surface area (Å²) in [5, 5.41) is 17.2. The maximum absolute atomic E-state index is 11.8. The normalized spacial score (nSPS) is 10.7. The minimum Gasteiger partial charge on any atom is -0.336 e. The summed E-state index contributed by atoms with van der Waals surface area (Å²) in [4.78, 5) is 23.3. The number of thioether (sulfide) groups is 1. The van der Waals surface area contributed by atoms with E-state index in [2.05, 4.69) is 58.2 Å². The quantitative estimate of drug-likeness (QED) is 0.577.